The lowest BCUT2D eigenvalue weighted by Gasteiger charge is -2.36. The van der Waals surface area contributed by atoms with E-state index in [-0.39, 0.29) is 6.42 Å². The van der Waals surface area contributed by atoms with E-state index in [9.17, 15) is 14.4 Å². The highest BCUT2D eigenvalue weighted by Crippen LogP contribution is 2.34. The molecule has 6 nitrogen and oxygen atoms in total. The standard InChI is InChI=1S/C23H17Cl2N3O3/c24-15-7-5-14(6-8-15)23(31)28-19-4-2-1-3-18(19)27-22(30)20(28)13-21(29)26-17-11-9-16(25)10-12-17/h1-12,20H,13H2,(H,26,29)(H,27,30). The largest absolute Gasteiger partial charge is 0.326 e. The number of para-hydroxylation sites is 2. The number of halogens is 2. The van der Waals surface area contributed by atoms with Crippen LogP contribution < -0.4 is 15.5 Å². The summed E-state index contributed by atoms with van der Waals surface area (Å²) < 4.78 is 0. The summed E-state index contributed by atoms with van der Waals surface area (Å²) in [7, 11) is 0. The zero-order valence-electron chi connectivity index (χ0n) is 16.1. The molecule has 0 aromatic heterocycles. The molecule has 2 N–H and O–H groups in total. The van der Waals surface area contributed by atoms with E-state index in [1.54, 1.807) is 72.8 Å². The normalized spacial score (nSPS) is 15.1. The Labute approximate surface area is 188 Å². The minimum Gasteiger partial charge on any atom is -0.326 e. The molecule has 8 heteroatoms. The number of rotatable bonds is 4. The van der Waals surface area contributed by atoms with Crippen LogP contribution in [0.3, 0.4) is 0 Å². The molecule has 4 rings (SSSR count). The van der Waals surface area contributed by atoms with Gasteiger partial charge in [0.2, 0.25) is 11.8 Å². The first-order chi connectivity index (χ1) is 14.9. The second-order valence-corrected chi connectivity index (χ2v) is 7.84. The summed E-state index contributed by atoms with van der Waals surface area (Å²) in [5.74, 6) is -1.24. The van der Waals surface area contributed by atoms with E-state index >= 15 is 0 Å². The van der Waals surface area contributed by atoms with Crippen molar-refractivity contribution in [2.75, 3.05) is 15.5 Å². The van der Waals surface area contributed by atoms with Gasteiger partial charge < -0.3 is 10.6 Å². The van der Waals surface area contributed by atoms with Crippen molar-refractivity contribution in [1.29, 1.82) is 0 Å². The van der Waals surface area contributed by atoms with Crippen molar-refractivity contribution in [2.45, 2.75) is 12.5 Å². The molecule has 156 valence electrons. The molecule has 0 bridgehead atoms. The molecule has 1 heterocycles. The Hall–Kier alpha value is -3.35. The maximum absolute atomic E-state index is 13.4. The number of hydrogen-bond acceptors (Lipinski definition) is 3. The van der Waals surface area contributed by atoms with Crippen molar-refractivity contribution < 1.29 is 14.4 Å². The Morgan fingerprint density at radius 3 is 2.19 bits per heavy atom. The van der Waals surface area contributed by atoms with Crippen LogP contribution in [0.5, 0.6) is 0 Å². The number of anilines is 3. The van der Waals surface area contributed by atoms with Crippen LogP contribution >= 0.6 is 23.2 Å². The fourth-order valence-corrected chi connectivity index (χ4v) is 3.63. The Morgan fingerprint density at radius 1 is 0.903 bits per heavy atom. The highest BCUT2D eigenvalue weighted by Gasteiger charge is 2.38. The zero-order chi connectivity index (χ0) is 22.0. The summed E-state index contributed by atoms with van der Waals surface area (Å²) in [6.45, 7) is 0. The van der Waals surface area contributed by atoms with Gasteiger partial charge in [0.1, 0.15) is 6.04 Å². The van der Waals surface area contributed by atoms with Gasteiger partial charge in [0.25, 0.3) is 5.91 Å². The molecular weight excluding hydrogens is 437 g/mol. The number of nitrogens with zero attached hydrogens (tertiary/aromatic N) is 1. The van der Waals surface area contributed by atoms with Crippen LogP contribution in [-0.2, 0) is 9.59 Å². The maximum Gasteiger partial charge on any atom is 0.259 e. The number of nitrogens with one attached hydrogen (secondary N) is 2. The van der Waals surface area contributed by atoms with Gasteiger partial charge in [0.05, 0.1) is 17.8 Å². The van der Waals surface area contributed by atoms with Crippen LogP contribution in [0.4, 0.5) is 17.1 Å². The predicted molar refractivity (Wildman–Crippen MR) is 122 cm³/mol. The van der Waals surface area contributed by atoms with Crippen molar-refractivity contribution in [1.82, 2.24) is 0 Å². The second kappa shape index (κ2) is 8.79. The third kappa shape index (κ3) is 4.55. The lowest BCUT2D eigenvalue weighted by Crippen LogP contribution is -2.52. The van der Waals surface area contributed by atoms with Gasteiger partial charge in [-0.2, -0.15) is 0 Å². The first kappa shape index (κ1) is 20.9. The van der Waals surface area contributed by atoms with Gasteiger partial charge in [0.15, 0.2) is 0 Å². The number of carbonyl (C=O) groups is 3. The van der Waals surface area contributed by atoms with Crippen molar-refractivity contribution in [3.63, 3.8) is 0 Å². The molecule has 1 unspecified atom stereocenters. The molecule has 0 radical (unpaired) electrons. The average molecular weight is 454 g/mol. The smallest absolute Gasteiger partial charge is 0.259 e. The highest BCUT2D eigenvalue weighted by molar-refractivity contribution is 6.31. The third-order valence-electron chi connectivity index (χ3n) is 4.85. The van der Waals surface area contributed by atoms with Gasteiger partial charge in [-0.1, -0.05) is 35.3 Å². The molecule has 0 fully saturated rings. The van der Waals surface area contributed by atoms with E-state index < -0.39 is 23.8 Å². The average Bonchev–Trinajstić information content (AvgIpc) is 2.76. The highest BCUT2D eigenvalue weighted by atomic mass is 35.5. The van der Waals surface area contributed by atoms with Crippen molar-refractivity contribution in [3.8, 4) is 0 Å². The Morgan fingerprint density at radius 2 is 1.52 bits per heavy atom. The summed E-state index contributed by atoms with van der Waals surface area (Å²) in [4.78, 5) is 40.3. The Bertz CT molecular complexity index is 1150. The maximum atomic E-state index is 13.4. The summed E-state index contributed by atoms with van der Waals surface area (Å²) in [6.07, 6.45) is -0.220. The number of amides is 3. The van der Waals surface area contributed by atoms with Crippen LogP contribution in [0.2, 0.25) is 10.0 Å². The van der Waals surface area contributed by atoms with E-state index in [1.165, 1.54) is 4.90 Å². The van der Waals surface area contributed by atoms with Gasteiger partial charge in [-0.25, -0.2) is 0 Å². The zero-order valence-corrected chi connectivity index (χ0v) is 17.7. The summed E-state index contributed by atoms with van der Waals surface area (Å²) >= 11 is 11.8. The van der Waals surface area contributed by atoms with E-state index in [4.69, 9.17) is 23.2 Å². The van der Waals surface area contributed by atoms with Gasteiger partial charge in [0, 0.05) is 21.3 Å². The molecule has 0 saturated heterocycles. The minimum atomic E-state index is -1.02. The first-order valence-electron chi connectivity index (χ1n) is 9.47. The monoisotopic (exact) mass is 453 g/mol. The van der Waals surface area contributed by atoms with Gasteiger partial charge in [-0.3, -0.25) is 19.3 Å². The molecule has 3 aromatic rings. The van der Waals surface area contributed by atoms with Crippen molar-refractivity contribution in [3.05, 3.63) is 88.4 Å². The summed E-state index contributed by atoms with van der Waals surface area (Å²) in [6, 6.07) is 18.9. The third-order valence-corrected chi connectivity index (χ3v) is 5.36. The van der Waals surface area contributed by atoms with Gasteiger partial charge in [-0.15, -0.1) is 0 Å². The number of carbonyl (C=O) groups excluding carboxylic acids is 3. The second-order valence-electron chi connectivity index (χ2n) is 6.96. The van der Waals surface area contributed by atoms with E-state index in [0.29, 0.717) is 32.7 Å². The van der Waals surface area contributed by atoms with Crippen LogP contribution in [0.15, 0.2) is 72.8 Å². The molecule has 0 saturated carbocycles. The summed E-state index contributed by atoms with van der Waals surface area (Å²) in [5, 5.41) is 6.55. The molecule has 1 aliphatic heterocycles. The number of fused-ring (bicyclic) bond motifs is 1. The first-order valence-corrected chi connectivity index (χ1v) is 10.2. The van der Waals surface area contributed by atoms with E-state index in [2.05, 4.69) is 10.6 Å². The minimum absolute atomic E-state index is 0.220. The molecule has 3 amide bonds. The van der Waals surface area contributed by atoms with Crippen LogP contribution in [0.25, 0.3) is 0 Å². The fraction of sp³-hybridized carbons (Fsp3) is 0.0870. The topological polar surface area (TPSA) is 78.5 Å². The van der Waals surface area contributed by atoms with Crippen LogP contribution in [-0.4, -0.2) is 23.8 Å². The lowest BCUT2D eigenvalue weighted by molar-refractivity contribution is -0.122. The number of hydrogen-bond donors (Lipinski definition) is 2. The molecular formula is C23H17Cl2N3O3. The predicted octanol–water partition coefficient (Wildman–Crippen LogP) is 4.99. The van der Waals surface area contributed by atoms with E-state index in [1.807, 2.05) is 0 Å². The molecule has 1 atom stereocenters. The molecule has 0 aliphatic carbocycles. The van der Waals surface area contributed by atoms with Crippen LogP contribution in [0, 0.1) is 0 Å². The van der Waals surface area contributed by atoms with Gasteiger partial charge in [-0.05, 0) is 60.7 Å². The number of benzene rings is 3. The van der Waals surface area contributed by atoms with E-state index in [0.717, 1.165) is 0 Å². The SMILES string of the molecule is O=C(CC1C(=O)Nc2ccccc2N1C(=O)c1ccc(Cl)cc1)Nc1ccc(Cl)cc1. The van der Waals surface area contributed by atoms with Gasteiger partial charge >= 0.3 is 0 Å². The lowest BCUT2D eigenvalue weighted by atomic mass is 10.0. The molecule has 1 aliphatic rings. The molecule has 3 aromatic carbocycles. The fourth-order valence-electron chi connectivity index (χ4n) is 3.38. The molecule has 0 spiro atoms. The Kier molecular flexibility index (Phi) is 5.93. The molecule has 31 heavy (non-hydrogen) atoms. The van der Waals surface area contributed by atoms with Crippen molar-refractivity contribution >= 4 is 58.0 Å². The van der Waals surface area contributed by atoms with Crippen molar-refractivity contribution in [2.24, 2.45) is 0 Å². The van der Waals surface area contributed by atoms with Crippen LogP contribution in [0.1, 0.15) is 16.8 Å². The quantitative estimate of drug-likeness (QED) is 0.583. The summed E-state index contributed by atoms with van der Waals surface area (Å²) in [5.41, 5.74) is 1.93. The Balaban J connectivity index is 1.64.